The number of hydrogen-bond acceptors (Lipinski definition) is 6. The number of nitrogens with zero attached hydrogens (tertiary/aromatic N) is 2. The molecule has 3 heterocycles. The molecule has 0 spiro atoms. The number of carbonyl (C=O) groups is 1. The van der Waals surface area contributed by atoms with Gasteiger partial charge in [-0.1, -0.05) is 37.8 Å². The van der Waals surface area contributed by atoms with Crippen LogP contribution in [0.4, 0.5) is 0 Å². The summed E-state index contributed by atoms with van der Waals surface area (Å²) in [6.07, 6.45) is 2.62. The third-order valence-corrected chi connectivity index (χ3v) is 7.29. The zero-order valence-corrected chi connectivity index (χ0v) is 19.3. The molecule has 154 valence electrons. The largest absolute Gasteiger partial charge is 0.355 e. The Bertz CT molecular complexity index is 1050. The highest BCUT2D eigenvalue weighted by Gasteiger charge is 2.21. The SMILES string of the molecule is C=CCn1c(SC(C)C(=O)NCCC(C)C)nc2scc(-c3cccs3)c2c1=O. The van der Waals surface area contributed by atoms with Gasteiger partial charge in [0.1, 0.15) is 4.83 Å². The van der Waals surface area contributed by atoms with Crippen LogP contribution in [-0.4, -0.2) is 27.3 Å². The first-order valence-corrected chi connectivity index (χ1v) is 12.2. The summed E-state index contributed by atoms with van der Waals surface area (Å²) < 4.78 is 1.61. The highest BCUT2D eigenvalue weighted by Crippen LogP contribution is 2.35. The number of nitrogens with one attached hydrogen (secondary N) is 1. The van der Waals surface area contributed by atoms with Gasteiger partial charge < -0.3 is 5.32 Å². The molecular formula is C21H25N3O2S3. The fourth-order valence-corrected chi connectivity index (χ4v) is 5.58. The Morgan fingerprint density at radius 1 is 1.38 bits per heavy atom. The number of thiophene rings is 2. The van der Waals surface area contributed by atoms with Gasteiger partial charge in [-0.25, -0.2) is 4.98 Å². The number of rotatable bonds is 9. The van der Waals surface area contributed by atoms with Crippen molar-refractivity contribution in [3.63, 3.8) is 0 Å². The fraction of sp³-hybridized carbons (Fsp3) is 0.381. The van der Waals surface area contributed by atoms with Crippen LogP contribution >= 0.6 is 34.4 Å². The second-order valence-corrected chi connectivity index (χ2v) is 10.3. The number of carbonyl (C=O) groups excluding carboxylic acids is 1. The van der Waals surface area contributed by atoms with Crippen molar-refractivity contribution in [3.05, 3.63) is 45.9 Å². The summed E-state index contributed by atoms with van der Waals surface area (Å²) in [4.78, 5) is 32.2. The van der Waals surface area contributed by atoms with Gasteiger partial charge >= 0.3 is 0 Å². The molecule has 0 saturated heterocycles. The monoisotopic (exact) mass is 447 g/mol. The summed E-state index contributed by atoms with van der Waals surface area (Å²) in [7, 11) is 0. The van der Waals surface area contributed by atoms with Crippen molar-refractivity contribution in [1.29, 1.82) is 0 Å². The molecule has 8 heteroatoms. The molecule has 1 unspecified atom stereocenters. The van der Waals surface area contributed by atoms with Crippen LogP contribution in [0.3, 0.4) is 0 Å². The Morgan fingerprint density at radius 3 is 2.83 bits per heavy atom. The van der Waals surface area contributed by atoms with Crippen LogP contribution in [0.25, 0.3) is 20.7 Å². The third-order valence-electron chi connectivity index (χ3n) is 4.43. The normalized spacial score (nSPS) is 12.4. The van der Waals surface area contributed by atoms with Gasteiger partial charge in [-0.2, -0.15) is 0 Å². The number of aromatic nitrogens is 2. The maximum Gasteiger partial charge on any atom is 0.263 e. The lowest BCUT2D eigenvalue weighted by Crippen LogP contribution is -2.33. The average molecular weight is 448 g/mol. The van der Waals surface area contributed by atoms with E-state index in [9.17, 15) is 9.59 Å². The fourth-order valence-electron chi connectivity index (χ4n) is 2.84. The van der Waals surface area contributed by atoms with Gasteiger partial charge in [-0.15, -0.1) is 29.3 Å². The van der Waals surface area contributed by atoms with E-state index in [0.29, 0.717) is 34.4 Å². The lowest BCUT2D eigenvalue weighted by Gasteiger charge is -2.15. The summed E-state index contributed by atoms with van der Waals surface area (Å²) in [5.74, 6) is 0.497. The van der Waals surface area contributed by atoms with Crippen LogP contribution in [0.15, 0.2) is 45.5 Å². The zero-order valence-electron chi connectivity index (χ0n) is 16.8. The molecule has 29 heavy (non-hydrogen) atoms. The van der Waals surface area contributed by atoms with Gasteiger partial charge in [-0.3, -0.25) is 14.2 Å². The van der Waals surface area contributed by atoms with E-state index in [-0.39, 0.29) is 16.7 Å². The molecular weight excluding hydrogens is 422 g/mol. The van der Waals surface area contributed by atoms with Gasteiger partial charge in [0.25, 0.3) is 5.56 Å². The van der Waals surface area contributed by atoms with Gasteiger partial charge in [-0.05, 0) is 30.7 Å². The minimum atomic E-state index is -0.348. The molecule has 0 bridgehead atoms. The quantitative estimate of drug-likeness (QED) is 0.284. The summed E-state index contributed by atoms with van der Waals surface area (Å²) in [6, 6.07) is 3.98. The van der Waals surface area contributed by atoms with Crippen molar-refractivity contribution in [1.82, 2.24) is 14.9 Å². The van der Waals surface area contributed by atoms with E-state index in [1.165, 1.54) is 23.1 Å². The van der Waals surface area contributed by atoms with Gasteiger partial charge in [0.15, 0.2) is 5.16 Å². The van der Waals surface area contributed by atoms with E-state index in [1.54, 1.807) is 22.0 Å². The standard InChI is InChI=1S/C21H25N3O2S3/c1-5-10-24-20(26)17-15(16-7-6-11-27-16)12-28-19(17)23-21(24)29-14(4)18(25)22-9-8-13(2)3/h5-7,11-14H,1,8-10H2,2-4H3,(H,22,25). The first-order chi connectivity index (χ1) is 13.9. The topological polar surface area (TPSA) is 64.0 Å². The number of allylic oxidation sites excluding steroid dienone is 1. The van der Waals surface area contributed by atoms with Crippen LogP contribution in [0, 0.1) is 5.92 Å². The van der Waals surface area contributed by atoms with E-state index in [1.807, 2.05) is 29.8 Å². The van der Waals surface area contributed by atoms with E-state index in [0.717, 1.165) is 16.9 Å². The molecule has 1 atom stereocenters. The molecule has 0 aliphatic rings. The molecule has 3 rings (SSSR count). The van der Waals surface area contributed by atoms with Crippen molar-refractivity contribution in [2.45, 2.75) is 44.1 Å². The van der Waals surface area contributed by atoms with Crippen LogP contribution in [0.1, 0.15) is 27.2 Å². The zero-order chi connectivity index (χ0) is 21.0. The van der Waals surface area contributed by atoms with E-state index < -0.39 is 0 Å². The number of hydrogen-bond donors (Lipinski definition) is 1. The van der Waals surface area contributed by atoms with Crippen molar-refractivity contribution in [2.24, 2.45) is 5.92 Å². The molecule has 3 aromatic rings. The Morgan fingerprint density at radius 2 is 2.17 bits per heavy atom. The summed E-state index contributed by atoms with van der Waals surface area (Å²) in [6.45, 7) is 10.9. The molecule has 0 saturated carbocycles. The Kier molecular flexibility index (Phi) is 7.32. The average Bonchev–Trinajstić information content (AvgIpc) is 3.33. The maximum atomic E-state index is 13.3. The molecule has 0 aliphatic heterocycles. The Labute approximate surface area is 182 Å². The summed E-state index contributed by atoms with van der Waals surface area (Å²) >= 11 is 4.38. The van der Waals surface area contributed by atoms with Crippen molar-refractivity contribution in [3.8, 4) is 10.4 Å². The number of amides is 1. The Hall–Kier alpha value is -1.90. The van der Waals surface area contributed by atoms with E-state index in [2.05, 4.69) is 25.7 Å². The highest BCUT2D eigenvalue weighted by atomic mass is 32.2. The highest BCUT2D eigenvalue weighted by molar-refractivity contribution is 8.00. The van der Waals surface area contributed by atoms with Crippen LogP contribution < -0.4 is 10.9 Å². The third kappa shape index (κ3) is 4.99. The van der Waals surface area contributed by atoms with E-state index >= 15 is 0 Å². The van der Waals surface area contributed by atoms with E-state index in [4.69, 9.17) is 4.98 Å². The number of fused-ring (bicyclic) bond motifs is 1. The smallest absolute Gasteiger partial charge is 0.263 e. The first kappa shape index (κ1) is 21.8. The minimum Gasteiger partial charge on any atom is -0.355 e. The van der Waals surface area contributed by atoms with Crippen molar-refractivity contribution >= 4 is 50.6 Å². The molecule has 3 aromatic heterocycles. The molecule has 1 N–H and O–H groups in total. The summed E-state index contributed by atoms with van der Waals surface area (Å²) in [5, 5.41) is 7.79. The minimum absolute atomic E-state index is 0.0411. The van der Waals surface area contributed by atoms with Gasteiger partial charge in [0.2, 0.25) is 5.91 Å². The van der Waals surface area contributed by atoms with Crippen LogP contribution in [0.5, 0.6) is 0 Å². The molecule has 0 radical (unpaired) electrons. The molecule has 0 fully saturated rings. The first-order valence-electron chi connectivity index (χ1n) is 9.53. The second kappa shape index (κ2) is 9.73. The molecule has 1 amide bonds. The lowest BCUT2D eigenvalue weighted by atomic mass is 10.1. The lowest BCUT2D eigenvalue weighted by molar-refractivity contribution is -0.120. The number of thioether (sulfide) groups is 1. The van der Waals surface area contributed by atoms with Crippen molar-refractivity contribution < 1.29 is 4.79 Å². The van der Waals surface area contributed by atoms with Gasteiger partial charge in [0.05, 0.1) is 10.6 Å². The molecule has 0 aromatic carbocycles. The Balaban J connectivity index is 1.92. The van der Waals surface area contributed by atoms with Crippen LogP contribution in [-0.2, 0) is 11.3 Å². The predicted molar refractivity (Wildman–Crippen MR) is 125 cm³/mol. The van der Waals surface area contributed by atoms with Gasteiger partial charge in [0, 0.05) is 28.9 Å². The molecule has 5 nitrogen and oxygen atoms in total. The molecule has 0 aliphatic carbocycles. The maximum absolute atomic E-state index is 13.3. The summed E-state index contributed by atoms with van der Waals surface area (Å²) in [5.41, 5.74) is 0.834. The second-order valence-electron chi connectivity index (χ2n) is 7.14. The van der Waals surface area contributed by atoms with Crippen LogP contribution in [0.2, 0.25) is 0 Å². The van der Waals surface area contributed by atoms with Crippen molar-refractivity contribution in [2.75, 3.05) is 6.54 Å². The predicted octanol–water partition coefficient (Wildman–Crippen LogP) is 5.02.